The smallest absolute Gasteiger partial charge is 0.0103 e. The van der Waals surface area contributed by atoms with Crippen molar-refractivity contribution in [2.24, 2.45) is 0 Å². The van der Waals surface area contributed by atoms with Crippen molar-refractivity contribution in [1.82, 2.24) is 0 Å². The van der Waals surface area contributed by atoms with Gasteiger partial charge in [-0.15, -0.1) is 0 Å². The Morgan fingerprint density at radius 1 is 0.591 bits per heavy atom. The molecule has 0 N–H and O–H groups in total. The molecule has 0 aliphatic carbocycles. The van der Waals surface area contributed by atoms with E-state index in [1.54, 1.807) is 0 Å². The summed E-state index contributed by atoms with van der Waals surface area (Å²) in [4.78, 5) is 0. The van der Waals surface area contributed by atoms with Crippen molar-refractivity contribution in [1.29, 1.82) is 0 Å². The standard InChI is InChI=1S/C22H29/c1-15-9-16(2)11-17(10-15)18-12-19(21(3,4)5)14-20(13-18)22(6,7)8/h9-13H,1-8H3. The van der Waals surface area contributed by atoms with Crippen LogP contribution in [0.3, 0.4) is 0 Å². The molecule has 0 heterocycles. The number of benzene rings is 2. The van der Waals surface area contributed by atoms with E-state index in [9.17, 15) is 0 Å². The molecule has 0 heteroatoms. The molecule has 0 aliphatic rings. The van der Waals surface area contributed by atoms with Crippen LogP contribution in [-0.2, 0) is 10.8 Å². The first kappa shape index (κ1) is 16.8. The van der Waals surface area contributed by atoms with Crippen LogP contribution in [0, 0.1) is 19.9 Å². The van der Waals surface area contributed by atoms with Gasteiger partial charge >= 0.3 is 0 Å². The van der Waals surface area contributed by atoms with Crippen molar-refractivity contribution in [3.05, 3.63) is 58.7 Å². The Morgan fingerprint density at radius 3 is 1.32 bits per heavy atom. The SMILES string of the molecule is Cc1cc(C)cc(-c2cc(C(C)(C)C)[c]c(C(C)(C)C)c2)c1. The monoisotopic (exact) mass is 293 g/mol. The van der Waals surface area contributed by atoms with E-state index in [1.807, 2.05) is 0 Å². The minimum Gasteiger partial charge on any atom is -0.0563 e. The van der Waals surface area contributed by atoms with Gasteiger partial charge in [-0.2, -0.15) is 0 Å². The molecule has 2 rings (SSSR count). The van der Waals surface area contributed by atoms with Crippen molar-refractivity contribution in [3.63, 3.8) is 0 Å². The van der Waals surface area contributed by atoms with Gasteiger partial charge in [0.25, 0.3) is 0 Å². The van der Waals surface area contributed by atoms with Gasteiger partial charge < -0.3 is 0 Å². The van der Waals surface area contributed by atoms with Gasteiger partial charge in [0.05, 0.1) is 0 Å². The highest BCUT2D eigenvalue weighted by Crippen LogP contribution is 2.33. The molecule has 0 nitrogen and oxygen atoms in total. The van der Waals surface area contributed by atoms with Crippen molar-refractivity contribution in [3.8, 4) is 11.1 Å². The third-order valence-electron chi connectivity index (χ3n) is 4.04. The summed E-state index contributed by atoms with van der Waals surface area (Å²) in [6.07, 6.45) is 0. The number of hydrogen-bond donors (Lipinski definition) is 0. The summed E-state index contributed by atoms with van der Waals surface area (Å²) in [5.74, 6) is 0. The summed E-state index contributed by atoms with van der Waals surface area (Å²) in [6.45, 7) is 17.9. The summed E-state index contributed by atoms with van der Waals surface area (Å²) in [5.41, 5.74) is 8.03. The van der Waals surface area contributed by atoms with Crippen molar-refractivity contribution in [2.75, 3.05) is 0 Å². The molecule has 117 valence electrons. The fourth-order valence-corrected chi connectivity index (χ4v) is 2.69. The highest BCUT2D eigenvalue weighted by molar-refractivity contribution is 5.67. The molecule has 0 saturated heterocycles. The maximum Gasteiger partial charge on any atom is -0.0103 e. The molecule has 1 radical (unpaired) electrons. The van der Waals surface area contributed by atoms with Gasteiger partial charge in [-0.3, -0.25) is 0 Å². The van der Waals surface area contributed by atoms with E-state index < -0.39 is 0 Å². The van der Waals surface area contributed by atoms with E-state index in [1.165, 1.54) is 33.4 Å². The summed E-state index contributed by atoms with van der Waals surface area (Å²) >= 11 is 0. The zero-order chi connectivity index (χ0) is 16.7. The Hall–Kier alpha value is -1.56. The van der Waals surface area contributed by atoms with E-state index >= 15 is 0 Å². The lowest BCUT2D eigenvalue weighted by Gasteiger charge is -2.26. The zero-order valence-corrected chi connectivity index (χ0v) is 15.4. The Balaban J connectivity index is 2.70. The van der Waals surface area contributed by atoms with E-state index in [0.29, 0.717) is 0 Å². The summed E-state index contributed by atoms with van der Waals surface area (Å²) in [5, 5.41) is 0. The van der Waals surface area contributed by atoms with Crippen molar-refractivity contribution < 1.29 is 0 Å². The topological polar surface area (TPSA) is 0 Å². The zero-order valence-electron chi connectivity index (χ0n) is 15.4. The van der Waals surface area contributed by atoms with Gasteiger partial charge in [-0.05, 0) is 65.1 Å². The Kier molecular flexibility index (Phi) is 4.26. The van der Waals surface area contributed by atoms with E-state index in [-0.39, 0.29) is 10.8 Å². The fourth-order valence-electron chi connectivity index (χ4n) is 2.69. The van der Waals surface area contributed by atoms with Crippen LogP contribution in [0.2, 0.25) is 0 Å². The molecule has 0 aliphatic heterocycles. The number of hydrogen-bond acceptors (Lipinski definition) is 0. The lowest BCUT2D eigenvalue weighted by Crippen LogP contribution is -2.17. The van der Waals surface area contributed by atoms with Crippen LogP contribution in [0.5, 0.6) is 0 Å². The lowest BCUT2D eigenvalue weighted by atomic mass is 9.79. The Labute approximate surface area is 136 Å². The molecule has 0 spiro atoms. The summed E-state index contributed by atoms with van der Waals surface area (Å²) < 4.78 is 0. The Morgan fingerprint density at radius 2 is 0.955 bits per heavy atom. The molecule has 2 aromatic rings. The first-order valence-electron chi connectivity index (χ1n) is 8.14. The first-order chi connectivity index (χ1) is 9.96. The second-order valence-corrected chi connectivity index (χ2v) is 8.57. The maximum absolute atomic E-state index is 3.66. The molecule has 0 fully saturated rings. The van der Waals surface area contributed by atoms with Crippen molar-refractivity contribution in [2.45, 2.75) is 66.2 Å². The summed E-state index contributed by atoms with van der Waals surface area (Å²) in [6, 6.07) is 15.1. The quantitative estimate of drug-likeness (QED) is 0.573. The minimum absolute atomic E-state index is 0.106. The highest BCUT2D eigenvalue weighted by atomic mass is 14.3. The van der Waals surface area contributed by atoms with Gasteiger partial charge in [-0.25, -0.2) is 0 Å². The Bertz CT molecular complexity index is 624. The van der Waals surface area contributed by atoms with Crippen LogP contribution < -0.4 is 0 Å². The summed E-state index contributed by atoms with van der Waals surface area (Å²) in [7, 11) is 0. The minimum atomic E-state index is 0.106. The third kappa shape index (κ3) is 3.80. The van der Waals surface area contributed by atoms with Crippen LogP contribution >= 0.6 is 0 Å². The van der Waals surface area contributed by atoms with Crippen LogP contribution in [0.15, 0.2) is 30.3 Å². The number of rotatable bonds is 1. The predicted octanol–water partition coefficient (Wildman–Crippen LogP) is 6.37. The number of aryl methyl sites for hydroxylation is 2. The van der Waals surface area contributed by atoms with Gasteiger partial charge in [-0.1, -0.05) is 70.9 Å². The molecular weight excluding hydrogens is 264 g/mol. The fraction of sp³-hybridized carbons (Fsp3) is 0.455. The second kappa shape index (κ2) is 5.57. The van der Waals surface area contributed by atoms with Gasteiger partial charge in [0.15, 0.2) is 0 Å². The largest absolute Gasteiger partial charge is 0.0563 e. The predicted molar refractivity (Wildman–Crippen MR) is 97.6 cm³/mol. The normalized spacial score (nSPS) is 12.5. The van der Waals surface area contributed by atoms with E-state index in [0.717, 1.165) is 0 Å². The average Bonchev–Trinajstić information content (AvgIpc) is 2.35. The molecule has 0 aromatic heterocycles. The first-order valence-corrected chi connectivity index (χ1v) is 8.14. The molecule has 0 unspecified atom stereocenters. The second-order valence-electron chi connectivity index (χ2n) is 8.57. The average molecular weight is 293 g/mol. The molecule has 0 atom stereocenters. The molecular formula is C22H29. The third-order valence-corrected chi connectivity index (χ3v) is 4.04. The van der Waals surface area contributed by atoms with Gasteiger partial charge in [0.2, 0.25) is 0 Å². The van der Waals surface area contributed by atoms with Gasteiger partial charge in [0, 0.05) is 0 Å². The van der Waals surface area contributed by atoms with Crippen molar-refractivity contribution >= 4 is 0 Å². The lowest BCUT2D eigenvalue weighted by molar-refractivity contribution is 0.567. The van der Waals surface area contributed by atoms with Gasteiger partial charge in [0.1, 0.15) is 0 Å². The highest BCUT2D eigenvalue weighted by Gasteiger charge is 2.21. The molecule has 22 heavy (non-hydrogen) atoms. The molecule has 0 amide bonds. The van der Waals surface area contributed by atoms with Crippen LogP contribution in [0.1, 0.15) is 63.8 Å². The van der Waals surface area contributed by atoms with Crippen LogP contribution in [0.4, 0.5) is 0 Å². The maximum atomic E-state index is 3.66. The van der Waals surface area contributed by atoms with Crippen LogP contribution in [0.25, 0.3) is 11.1 Å². The molecule has 2 aromatic carbocycles. The van der Waals surface area contributed by atoms with Crippen LogP contribution in [-0.4, -0.2) is 0 Å². The molecule has 0 bridgehead atoms. The van der Waals surface area contributed by atoms with E-state index in [2.05, 4.69) is 91.8 Å². The molecule has 0 saturated carbocycles. The van der Waals surface area contributed by atoms with E-state index in [4.69, 9.17) is 0 Å².